The van der Waals surface area contributed by atoms with Crippen molar-refractivity contribution in [1.29, 1.82) is 0 Å². The van der Waals surface area contributed by atoms with Crippen molar-refractivity contribution in [3.05, 3.63) is 35.1 Å². The molecule has 1 aromatic carbocycles. The van der Waals surface area contributed by atoms with Crippen LogP contribution in [0.4, 0.5) is 13.2 Å². The highest BCUT2D eigenvalue weighted by Gasteiger charge is 2.28. The Labute approximate surface area is 143 Å². The van der Waals surface area contributed by atoms with E-state index in [4.69, 9.17) is 4.74 Å². The molecule has 0 aliphatic heterocycles. The van der Waals surface area contributed by atoms with Gasteiger partial charge in [-0.2, -0.15) is 0 Å². The maximum atomic E-state index is 13.7. The minimum atomic E-state index is -1.64. The van der Waals surface area contributed by atoms with Gasteiger partial charge in [-0.25, -0.2) is 23.2 Å². The number of carbonyl (C=O) groups excluding carboxylic acids is 1. The Morgan fingerprint density at radius 3 is 2.29 bits per heavy atom. The van der Waals surface area contributed by atoms with Gasteiger partial charge in [0.15, 0.2) is 17.5 Å². The number of hydrogen-bond acceptors (Lipinski definition) is 2. The fraction of sp³-hybridized carbons (Fsp3) is 0.588. The number of ether oxygens (including phenoxy) is 1. The monoisotopic (exact) mass is 365 g/mol. The number of rotatable bonds is 6. The molecule has 0 unspecified atom stereocenters. The van der Waals surface area contributed by atoms with E-state index < -0.39 is 39.0 Å². The summed E-state index contributed by atoms with van der Waals surface area (Å²) in [4.78, 5) is 13.4. The molecular formula is C17H26F3NO2S. The molecule has 0 aliphatic carbocycles. The number of likely N-dealkylation sites (N-methyl/N-ethyl adjacent to an activating group) is 1. The van der Waals surface area contributed by atoms with Crippen molar-refractivity contribution in [3.8, 4) is 0 Å². The zero-order chi connectivity index (χ0) is 18.7. The first-order chi connectivity index (χ1) is 10.9. The summed E-state index contributed by atoms with van der Waals surface area (Å²) >= 11 is 0. The van der Waals surface area contributed by atoms with Crippen LogP contribution in [0.3, 0.4) is 0 Å². The summed E-state index contributed by atoms with van der Waals surface area (Å²) in [6, 6.07) is 1.69. The largest absolute Gasteiger partial charge is 0.371 e. The van der Waals surface area contributed by atoms with Crippen LogP contribution in [0.2, 0.25) is 0 Å². The van der Waals surface area contributed by atoms with Crippen molar-refractivity contribution in [1.82, 2.24) is 4.90 Å². The first-order valence-corrected chi connectivity index (χ1v) is 10.2. The third kappa shape index (κ3) is 4.89. The van der Waals surface area contributed by atoms with Gasteiger partial charge in [0, 0.05) is 13.6 Å². The van der Waals surface area contributed by atoms with Crippen molar-refractivity contribution in [2.75, 3.05) is 38.6 Å². The van der Waals surface area contributed by atoms with Gasteiger partial charge in [0.1, 0.15) is 0 Å². The number of halogens is 3. The lowest BCUT2D eigenvalue weighted by atomic mass is 10.1. The molecule has 24 heavy (non-hydrogen) atoms. The average molecular weight is 365 g/mol. The summed E-state index contributed by atoms with van der Waals surface area (Å²) in [5.74, 6) is -4.54. The van der Waals surface area contributed by atoms with Gasteiger partial charge in [0.2, 0.25) is 0 Å². The molecule has 0 heterocycles. The van der Waals surface area contributed by atoms with E-state index in [0.717, 1.165) is 12.1 Å². The van der Waals surface area contributed by atoms with Crippen LogP contribution in [0.25, 0.3) is 0 Å². The lowest BCUT2D eigenvalue weighted by molar-refractivity contribution is 0.0729. The van der Waals surface area contributed by atoms with E-state index >= 15 is 0 Å². The maximum Gasteiger partial charge on any atom is 0.256 e. The number of benzene rings is 1. The highest BCUT2D eigenvalue weighted by molar-refractivity contribution is 8.33. The fourth-order valence-electron chi connectivity index (χ4n) is 1.64. The lowest BCUT2D eigenvalue weighted by Gasteiger charge is -2.44. The molecule has 138 valence electrons. The molecule has 0 aromatic heterocycles. The number of amides is 1. The van der Waals surface area contributed by atoms with Gasteiger partial charge in [-0.3, -0.25) is 4.79 Å². The van der Waals surface area contributed by atoms with E-state index in [-0.39, 0.29) is 11.3 Å². The molecule has 0 fully saturated rings. The summed E-state index contributed by atoms with van der Waals surface area (Å²) in [5.41, 5.74) is -0.489. The Morgan fingerprint density at radius 2 is 1.75 bits per heavy atom. The Kier molecular flexibility index (Phi) is 6.75. The number of carbonyl (C=O) groups is 1. The molecule has 7 heteroatoms. The van der Waals surface area contributed by atoms with Gasteiger partial charge < -0.3 is 9.64 Å². The van der Waals surface area contributed by atoms with Crippen molar-refractivity contribution < 1.29 is 22.7 Å². The molecule has 3 nitrogen and oxygen atoms in total. The Balaban J connectivity index is 2.59. The molecule has 1 amide bonds. The van der Waals surface area contributed by atoms with E-state index in [0.29, 0.717) is 12.5 Å². The molecule has 0 bridgehead atoms. The smallest absolute Gasteiger partial charge is 0.256 e. The van der Waals surface area contributed by atoms with E-state index in [2.05, 4.69) is 33.3 Å². The van der Waals surface area contributed by atoms with Crippen molar-refractivity contribution in [3.63, 3.8) is 0 Å². The molecule has 0 atom stereocenters. The van der Waals surface area contributed by atoms with E-state index in [1.165, 1.54) is 11.9 Å². The van der Waals surface area contributed by atoms with Gasteiger partial charge in [-0.1, -0.05) is 20.8 Å². The third-order valence-corrected chi connectivity index (χ3v) is 8.29. The minimum absolute atomic E-state index is 0.142. The number of nitrogens with zero attached hydrogens (tertiary/aromatic N) is 1. The molecule has 1 aromatic rings. The summed E-state index contributed by atoms with van der Waals surface area (Å²) in [6.45, 7) is 7.00. The molecule has 0 radical (unpaired) electrons. The molecule has 1 rings (SSSR count). The quantitative estimate of drug-likeness (QED) is 0.563. The lowest BCUT2D eigenvalue weighted by Crippen LogP contribution is -2.32. The summed E-state index contributed by atoms with van der Waals surface area (Å²) in [6.07, 6.45) is 4.36. The molecule has 0 N–H and O–H groups in total. The molecule has 0 saturated heterocycles. The highest BCUT2D eigenvalue weighted by Crippen LogP contribution is 2.52. The summed E-state index contributed by atoms with van der Waals surface area (Å²) in [5, 5.41) is 0. The van der Waals surface area contributed by atoms with Gasteiger partial charge in [-0.05, 0) is 29.4 Å². The second kappa shape index (κ2) is 7.78. The molecule has 0 aliphatic rings. The Bertz CT molecular complexity index is 600. The van der Waals surface area contributed by atoms with E-state index in [9.17, 15) is 18.0 Å². The second-order valence-electron chi connectivity index (χ2n) is 7.13. The summed E-state index contributed by atoms with van der Waals surface area (Å²) in [7, 11) is 0.504. The number of hydrogen-bond donors (Lipinski definition) is 0. The van der Waals surface area contributed by atoms with Crippen LogP contribution in [0.5, 0.6) is 0 Å². The van der Waals surface area contributed by atoms with Gasteiger partial charge in [0.25, 0.3) is 5.91 Å². The maximum absolute atomic E-state index is 13.7. The highest BCUT2D eigenvalue weighted by atomic mass is 32.3. The van der Waals surface area contributed by atoms with Crippen LogP contribution in [-0.4, -0.2) is 54.2 Å². The predicted octanol–water partition coefficient (Wildman–Crippen LogP) is 4.01. The van der Waals surface area contributed by atoms with E-state index in [1.54, 1.807) is 0 Å². The van der Waals surface area contributed by atoms with E-state index in [1.807, 2.05) is 0 Å². The molecular weight excluding hydrogens is 339 g/mol. The average Bonchev–Trinajstić information content (AvgIpc) is 2.47. The van der Waals surface area contributed by atoms with Gasteiger partial charge in [0.05, 0.1) is 18.1 Å². The summed E-state index contributed by atoms with van der Waals surface area (Å²) < 4.78 is 45.6. The Hall–Kier alpha value is -1.21. The van der Waals surface area contributed by atoms with Crippen molar-refractivity contribution in [2.45, 2.75) is 25.5 Å². The van der Waals surface area contributed by atoms with Crippen LogP contribution in [0.1, 0.15) is 31.1 Å². The zero-order valence-electron chi connectivity index (χ0n) is 15.1. The van der Waals surface area contributed by atoms with Crippen LogP contribution >= 0.6 is 10.0 Å². The predicted molar refractivity (Wildman–Crippen MR) is 93.3 cm³/mol. The molecule has 0 spiro atoms. The third-order valence-electron chi connectivity index (χ3n) is 4.22. The van der Waals surface area contributed by atoms with Crippen LogP contribution < -0.4 is 0 Å². The first-order valence-electron chi connectivity index (χ1n) is 7.56. The zero-order valence-corrected chi connectivity index (χ0v) is 15.9. The fourth-order valence-corrected chi connectivity index (χ4v) is 2.53. The second-order valence-corrected chi connectivity index (χ2v) is 11.7. The molecule has 0 saturated carbocycles. The SMILES string of the molecule is CN(CCOCS(C)(C)C(C)(C)C)C(=O)c1ccc(F)c(F)c1F. The van der Waals surface area contributed by atoms with Crippen LogP contribution in [0.15, 0.2) is 12.1 Å². The van der Waals surface area contributed by atoms with Crippen LogP contribution in [-0.2, 0) is 4.74 Å². The normalized spacial score (nSPS) is 13.0. The Morgan fingerprint density at radius 1 is 1.17 bits per heavy atom. The minimum Gasteiger partial charge on any atom is -0.371 e. The first kappa shape index (κ1) is 20.8. The van der Waals surface area contributed by atoms with Crippen LogP contribution in [0, 0.1) is 17.5 Å². The van der Waals surface area contributed by atoms with Crippen molar-refractivity contribution >= 4 is 15.9 Å². The van der Waals surface area contributed by atoms with Crippen molar-refractivity contribution in [2.24, 2.45) is 0 Å². The topological polar surface area (TPSA) is 29.5 Å². The standard InChI is InChI=1S/C17H26F3NO2S/c1-17(2,3)24(5,6)11-23-10-9-21(4)16(22)12-7-8-13(18)15(20)14(12)19/h7-8H,9-11H2,1-6H3. The van der Waals surface area contributed by atoms with Gasteiger partial charge >= 0.3 is 0 Å². The van der Waals surface area contributed by atoms with Gasteiger partial charge in [-0.15, -0.1) is 0 Å².